The van der Waals surface area contributed by atoms with Gasteiger partial charge in [0.2, 0.25) is 0 Å². The van der Waals surface area contributed by atoms with Crippen molar-refractivity contribution in [3.05, 3.63) is 12.0 Å². The number of nitrogens with one attached hydrogen (secondary N) is 2. The van der Waals surface area contributed by atoms with Crippen LogP contribution in [0.1, 0.15) is 25.6 Å². The fourth-order valence-corrected chi connectivity index (χ4v) is 2.88. The summed E-state index contributed by atoms with van der Waals surface area (Å²) < 4.78 is 26.3. The zero-order chi connectivity index (χ0) is 12.2. The molecule has 1 aromatic rings. The SMILES string of the molecule is Cc1ncc(S(=O)(=O)NC(C)CCCBr)[nH]1. The highest BCUT2D eigenvalue weighted by atomic mass is 79.9. The number of rotatable bonds is 6. The van der Waals surface area contributed by atoms with E-state index in [9.17, 15) is 8.42 Å². The largest absolute Gasteiger partial charge is 0.332 e. The standard InChI is InChI=1S/C9H16BrN3O2S/c1-7(4-3-5-10)13-16(14,15)9-6-11-8(2)12-9/h6-7,13H,3-5H2,1-2H3,(H,11,12). The molecule has 0 aliphatic carbocycles. The van der Waals surface area contributed by atoms with Crippen molar-refractivity contribution in [2.24, 2.45) is 0 Å². The van der Waals surface area contributed by atoms with Gasteiger partial charge in [0.15, 0.2) is 5.03 Å². The Morgan fingerprint density at radius 1 is 1.62 bits per heavy atom. The van der Waals surface area contributed by atoms with Crippen LogP contribution in [-0.2, 0) is 10.0 Å². The van der Waals surface area contributed by atoms with E-state index in [4.69, 9.17) is 0 Å². The van der Waals surface area contributed by atoms with E-state index in [0.29, 0.717) is 5.82 Å². The van der Waals surface area contributed by atoms with Crippen molar-refractivity contribution in [1.29, 1.82) is 0 Å². The molecular formula is C9H16BrN3O2S. The summed E-state index contributed by atoms with van der Waals surface area (Å²) in [6.07, 6.45) is 3.07. The van der Waals surface area contributed by atoms with Gasteiger partial charge in [0.1, 0.15) is 5.82 Å². The average molecular weight is 310 g/mol. The molecule has 0 amide bonds. The van der Waals surface area contributed by atoms with Crippen molar-refractivity contribution in [3.8, 4) is 0 Å². The van der Waals surface area contributed by atoms with Crippen LogP contribution in [0.2, 0.25) is 0 Å². The van der Waals surface area contributed by atoms with Gasteiger partial charge in [-0.15, -0.1) is 0 Å². The molecule has 5 nitrogen and oxygen atoms in total. The van der Waals surface area contributed by atoms with Crippen molar-refractivity contribution in [2.45, 2.75) is 37.8 Å². The average Bonchev–Trinajstić information content (AvgIpc) is 2.62. The Bertz CT molecular complexity index is 430. The third-order valence-electron chi connectivity index (χ3n) is 2.10. The van der Waals surface area contributed by atoms with Gasteiger partial charge >= 0.3 is 0 Å². The summed E-state index contributed by atoms with van der Waals surface area (Å²) in [6.45, 7) is 3.57. The number of sulfonamides is 1. The number of halogens is 1. The van der Waals surface area contributed by atoms with E-state index < -0.39 is 10.0 Å². The lowest BCUT2D eigenvalue weighted by molar-refractivity contribution is 0.542. The Balaban J connectivity index is 2.65. The molecule has 16 heavy (non-hydrogen) atoms. The smallest absolute Gasteiger partial charge is 0.257 e. The van der Waals surface area contributed by atoms with Crippen LogP contribution in [0.4, 0.5) is 0 Å². The summed E-state index contributed by atoms with van der Waals surface area (Å²) in [7, 11) is -3.45. The molecule has 0 radical (unpaired) electrons. The molecule has 0 aliphatic heterocycles. The molecule has 0 bridgehead atoms. The van der Waals surface area contributed by atoms with Crippen LogP contribution in [0, 0.1) is 6.92 Å². The van der Waals surface area contributed by atoms with Crippen molar-refractivity contribution in [2.75, 3.05) is 5.33 Å². The maximum absolute atomic E-state index is 11.8. The summed E-state index contributed by atoms with van der Waals surface area (Å²) in [5, 5.41) is 0.998. The summed E-state index contributed by atoms with van der Waals surface area (Å²) in [5.41, 5.74) is 0. The second-order valence-corrected chi connectivity index (χ2v) is 6.16. The van der Waals surface area contributed by atoms with E-state index in [2.05, 4.69) is 30.6 Å². The lowest BCUT2D eigenvalue weighted by Crippen LogP contribution is -2.32. The molecular weight excluding hydrogens is 294 g/mol. The predicted octanol–water partition coefficient (Wildman–Crippen LogP) is 1.56. The highest BCUT2D eigenvalue weighted by Gasteiger charge is 2.18. The van der Waals surface area contributed by atoms with E-state index in [1.54, 1.807) is 6.92 Å². The van der Waals surface area contributed by atoms with Gasteiger partial charge in [0.05, 0.1) is 6.20 Å². The number of imidazole rings is 1. The second-order valence-electron chi connectivity index (χ2n) is 3.69. The van der Waals surface area contributed by atoms with E-state index in [1.807, 2.05) is 6.92 Å². The van der Waals surface area contributed by atoms with Gasteiger partial charge in [-0.25, -0.2) is 18.1 Å². The van der Waals surface area contributed by atoms with Gasteiger partial charge in [-0.1, -0.05) is 15.9 Å². The first-order valence-corrected chi connectivity index (χ1v) is 7.66. The van der Waals surface area contributed by atoms with Crippen LogP contribution in [0.5, 0.6) is 0 Å². The first kappa shape index (κ1) is 13.7. The highest BCUT2D eigenvalue weighted by Crippen LogP contribution is 2.08. The molecule has 7 heteroatoms. The first-order chi connectivity index (χ1) is 7.45. The van der Waals surface area contributed by atoms with Crippen molar-refractivity contribution in [1.82, 2.24) is 14.7 Å². The number of aromatic nitrogens is 2. The molecule has 0 saturated carbocycles. The number of hydrogen-bond donors (Lipinski definition) is 2. The molecule has 1 heterocycles. The molecule has 92 valence electrons. The maximum Gasteiger partial charge on any atom is 0.257 e. The minimum absolute atomic E-state index is 0.0776. The van der Waals surface area contributed by atoms with E-state index in [0.717, 1.165) is 18.2 Å². The number of hydrogen-bond acceptors (Lipinski definition) is 3. The molecule has 1 rings (SSSR count). The summed E-state index contributed by atoms with van der Waals surface area (Å²) >= 11 is 3.31. The number of nitrogens with zero attached hydrogens (tertiary/aromatic N) is 1. The Labute approximate surface area is 104 Å². The molecule has 1 atom stereocenters. The summed E-state index contributed by atoms with van der Waals surface area (Å²) in [4.78, 5) is 6.58. The van der Waals surface area contributed by atoms with Crippen LogP contribution in [0.25, 0.3) is 0 Å². The Morgan fingerprint density at radius 2 is 2.31 bits per heavy atom. The number of alkyl halides is 1. The van der Waals surface area contributed by atoms with Gasteiger partial charge in [-0.05, 0) is 26.7 Å². The minimum atomic E-state index is -3.45. The monoisotopic (exact) mass is 309 g/mol. The topological polar surface area (TPSA) is 74.8 Å². The van der Waals surface area contributed by atoms with E-state index in [-0.39, 0.29) is 11.1 Å². The maximum atomic E-state index is 11.8. The normalized spacial score (nSPS) is 13.9. The van der Waals surface area contributed by atoms with Crippen LogP contribution in [-0.4, -0.2) is 29.8 Å². The lowest BCUT2D eigenvalue weighted by Gasteiger charge is -2.12. The zero-order valence-electron chi connectivity index (χ0n) is 9.33. The van der Waals surface area contributed by atoms with Crippen molar-refractivity contribution < 1.29 is 8.42 Å². The molecule has 0 aliphatic rings. The summed E-state index contributed by atoms with van der Waals surface area (Å²) in [5.74, 6) is 0.591. The van der Waals surface area contributed by atoms with Crippen LogP contribution < -0.4 is 4.72 Å². The van der Waals surface area contributed by atoms with Crippen molar-refractivity contribution in [3.63, 3.8) is 0 Å². The number of aromatic amines is 1. The Hall–Kier alpha value is -0.400. The number of aryl methyl sites for hydroxylation is 1. The van der Waals surface area contributed by atoms with Gasteiger partial charge in [0, 0.05) is 11.4 Å². The molecule has 0 saturated heterocycles. The fourth-order valence-electron chi connectivity index (χ4n) is 1.31. The van der Waals surface area contributed by atoms with E-state index in [1.165, 1.54) is 6.20 Å². The molecule has 1 aromatic heterocycles. The number of H-pyrrole nitrogens is 1. The van der Waals surface area contributed by atoms with E-state index >= 15 is 0 Å². The Kier molecular flexibility index (Phi) is 4.94. The van der Waals surface area contributed by atoms with Crippen LogP contribution in [0.15, 0.2) is 11.2 Å². The quantitative estimate of drug-likeness (QED) is 0.783. The third kappa shape index (κ3) is 3.88. The van der Waals surface area contributed by atoms with Crippen molar-refractivity contribution >= 4 is 26.0 Å². The molecule has 1 unspecified atom stereocenters. The molecule has 0 aromatic carbocycles. The minimum Gasteiger partial charge on any atom is -0.332 e. The molecule has 2 N–H and O–H groups in total. The third-order valence-corrected chi connectivity index (χ3v) is 4.16. The van der Waals surface area contributed by atoms with Gasteiger partial charge < -0.3 is 4.98 Å². The highest BCUT2D eigenvalue weighted by molar-refractivity contribution is 9.09. The van der Waals surface area contributed by atoms with Gasteiger partial charge in [0.25, 0.3) is 10.0 Å². The molecule has 0 fully saturated rings. The van der Waals surface area contributed by atoms with Gasteiger partial charge in [-0.3, -0.25) is 0 Å². The lowest BCUT2D eigenvalue weighted by atomic mass is 10.2. The van der Waals surface area contributed by atoms with Crippen LogP contribution >= 0.6 is 15.9 Å². The Morgan fingerprint density at radius 3 is 2.81 bits per heavy atom. The zero-order valence-corrected chi connectivity index (χ0v) is 11.7. The molecule has 0 spiro atoms. The van der Waals surface area contributed by atoms with Crippen LogP contribution in [0.3, 0.4) is 0 Å². The predicted molar refractivity (Wildman–Crippen MR) is 66.1 cm³/mol. The van der Waals surface area contributed by atoms with Gasteiger partial charge in [-0.2, -0.15) is 0 Å². The first-order valence-electron chi connectivity index (χ1n) is 5.05. The summed E-state index contributed by atoms with van der Waals surface area (Å²) in [6, 6.07) is -0.0776. The fraction of sp³-hybridized carbons (Fsp3) is 0.667. The second kappa shape index (κ2) is 5.79.